The van der Waals surface area contributed by atoms with Crippen molar-refractivity contribution in [1.29, 1.82) is 5.26 Å². The van der Waals surface area contributed by atoms with Crippen LogP contribution in [0.3, 0.4) is 0 Å². The predicted octanol–water partition coefficient (Wildman–Crippen LogP) is 4.00. The second kappa shape index (κ2) is 5.39. The molecule has 4 heteroatoms. The van der Waals surface area contributed by atoms with Crippen LogP contribution in [0.1, 0.15) is 6.42 Å². The maximum Gasteiger partial charge on any atom is 0.0728 e. The second-order valence-electron chi connectivity index (χ2n) is 2.31. The Morgan fingerprint density at radius 2 is 2.15 bits per heavy atom. The molecule has 0 N–H and O–H groups in total. The zero-order valence-electron chi connectivity index (χ0n) is 6.76. The molecule has 0 saturated carbocycles. The number of hydrogen-bond donors (Lipinski definition) is 0. The van der Waals surface area contributed by atoms with Crippen LogP contribution >= 0.6 is 35.0 Å². The molecular weight excluding hydrogens is 225 g/mol. The average molecular weight is 232 g/mol. The van der Waals surface area contributed by atoms with E-state index in [-0.39, 0.29) is 0 Å². The predicted molar refractivity (Wildman–Crippen MR) is 57.4 cm³/mol. The minimum Gasteiger partial charge on any atom is -0.198 e. The molecule has 0 aliphatic rings. The average Bonchev–Trinajstić information content (AvgIpc) is 2.13. The van der Waals surface area contributed by atoms with Crippen molar-refractivity contribution >= 4 is 35.0 Å². The topological polar surface area (TPSA) is 23.8 Å². The highest BCUT2D eigenvalue weighted by Crippen LogP contribution is 2.32. The van der Waals surface area contributed by atoms with Crippen molar-refractivity contribution in [1.82, 2.24) is 0 Å². The Hall–Kier alpha value is -0.360. The highest BCUT2D eigenvalue weighted by Gasteiger charge is 2.03. The Morgan fingerprint density at radius 3 is 2.85 bits per heavy atom. The SMILES string of the molecule is N#CCCSc1cccc(Cl)c1Cl. The molecule has 0 spiro atoms. The molecule has 0 aliphatic carbocycles. The van der Waals surface area contributed by atoms with E-state index in [0.29, 0.717) is 16.5 Å². The van der Waals surface area contributed by atoms with Crippen molar-refractivity contribution in [3.63, 3.8) is 0 Å². The Kier molecular flexibility index (Phi) is 4.44. The van der Waals surface area contributed by atoms with Gasteiger partial charge in [-0.3, -0.25) is 0 Å². The van der Waals surface area contributed by atoms with Gasteiger partial charge in [-0.2, -0.15) is 5.26 Å². The molecule has 0 aliphatic heterocycles. The van der Waals surface area contributed by atoms with Gasteiger partial charge in [0, 0.05) is 17.1 Å². The van der Waals surface area contributed by atoms with Gasteiger partial charge in [-0.1, -0.05) is 29.3 Å². The number of nitriles is 1. The molecule has 0 heterocycles. The van der Waals surface area contributed by atoms with Crippen molar-refractivity contribution in [3.8, 4) is 6.07 Å². The van der Waals surface area contributed by atoms with E-state index in [9.17, 15) is 0 Å². The summed E-state index contributed by atoms with van der Waals surface area (Å²) in [6.07, 6.45) is 0.521. The Labute approximate surface area is 91.6 Å². The second-order valence-corrected chi connectivity index (χ2v) is 4.23. The lowest BCUT2D eigenvalue weighted by molar-refractivity contribution is 1.23. The number of hydrogen-bond acceptors (Lipinski definition) is 2. The molecular formula is C9H7Cl2NS. The maximum atomic E-state index is 8.35. The lowest BCUT2D eigenvalue weighted by Crippen LogP contribution is -1.79. The lowest BCUT2D eigenvalue weighted by Gasteiger charge is -2.02. The molecule has 0 atom stereocenters. The van der Waals surface area contributed by atoms with E-state index < -0.39 is 0 Å². The van der Waals surface area contributed by atoms with Crippen LogP contribution in [0.5, 0.6) is 0 Å². The number of thioether (sulfide) groups is 1. The van der Waals surface area contributed by atoms with E-state index in [2.05, 4.69) is 6.07 Å². The summed E-state index contributed by atoms with van der Waals surface area (Å²) < 4.78 is 0. The highest BCUT2D eigenvalue weighted by atomic mass is 35.5. The molecule has 68 valence electrons. The van der Waals surface area contributed by atoms with Crippen molar-refractivity contribution in [2.24, 2.45) is 0 Å². The van der Waals surface area contributed by atoms with E-state index in [1.54, 1.807) is 17.8 Å². The quantitative estimate of drug-likeness (QED) is 0.580. The van der Waals surface area contributed by atoms with E-state index in [0.717, 1.165) is 10.6 Å². The molecule has 1 aromatic rings. The summed E-state index contributed by atoms with van der Waals surface area (Å²) in [6.45, 7) is 0. The summed E-state index contributed by atoms with van der Waals surface area (Å²) in [7, 11) is 0. The van der Waals surface area contributed by atoms with Crippen LogP contribution < -0.4 is 0 Å². The number of nitrogens with zero attached hydrogens (tertiary/aromatic N) is 1. The third-order valence-corrected chi connectivity index (χ3v) is 3.38. The molecule has 1 rings (SSSR count). The first-order valence-corrected chi connectivity index (χ1v) is 5.43. The van der Waals surface area contributed by atoms with Gasteiger partial charge in [0.15, 0.2) is 0 Å². The molecule has 13 heavy (non-hydrogen) atoms. The molecule has 0 aromatic heterocycles. The van der Waals surface area contributed by atoms with Gasteiger partial charge in [0.1, 0.15) is 0 Å². The summed E-state index contributed by atoms with van der Waals surface area (Å²) in [5, 5.41) is 9.48. The minimum atomic E-state index is 0.521. The summed E-state index contributed by atoms with van der Waals surface area (Å²) in [5.74, 6) is 0.747. The van der Waals surface area contributed by atoms with Crippen LogP contribution in [0.25, 0.3) is 0 Å². The van der Waals surface area contributed by atoms with Crippen LogP contribution in [-0.4, -0.2) is 5.75 Å². The van der Waals surface area contributed by atoms with Gasteiger partial charge in [0.2, 0.25) is 0 Å². The van der Waals surface area contributed by atoms with Crippen LogP contribution in [0.4, 0.5) is 0 Å². The number of benzene rings is 1. The van der Waals surface area contributed by atoms with Gasteiger partial charge in [0.05, 0.1) is 16.1 Å². The monoisotopic (exact) mass is 231 g/mol. The van der Waals surface area contributed by atoms with Crippen molar-refractivity contribution in [2.75, 3.05) is 5.75 Å². The summed E-state index contributed by atoms with van der Waals surface area (Å²) in [6, 6.07) is 7.57. The van der Waals surface area contributed by atoms with Gasteiger partial charge in [-0.05, 0) is 12.1 Å². The zero-order chi connectivity index (χ0) is 9.68. The maximum absolute atomic E-state index is 8.35. The first kappa shape index (κ1) is 10.7. The summed E-state index contributed by atoms with van der Waals surface area (Å²) >= 11 is 13.3. The van der Waals surface area contributed by atoms with Crippen molar-refractivity contribution in [3.05, 3.63) is 28.2 Å². The standard InChI is InChI=1S/C9H7Cl2NS/c10-7-3-1-4-8(9(7)11)13-6-2-5-12/h1,3-4H,2,6H2. The van der Waals surface area contributed by atoms with E-state index in [1.165, 1.54) is 0 Å². The molecule has 0 saturated heterocycles. The fraction of sp³-hybridized carbons (Fsp3) is 0.222. The van der Waals surface area contributed by atoms with E-state index in [4.69, 9.17) is 28.5 Å². The Bertz CT molecular complexity index is 333. The number of halogens is 2. The molecule has 1 aromatic carbocycles. The van der Waals surface area contributed by atoms with E-state index >= 15 is 0 Å². The lowest BCUT2D eigenvalue weighted by atomic mass is 10.4. The van der Waals surface area contributed by atoms with Gasteiger partial charge < -0.3 is 0 Å². The van der Waals surface area contributed by atoms with Crippen LogP contribution in [0, 0.1) is 11.3 Å². The molecule has 0 amide bonds. The fourth-order valence-corrected chi connectivity index (χ4v) is 2.15. The normalized spacial score (nSPS) is 9.62. The Balaban J connectivity index is 2.67. The molecule has 1 nitrogen and oxygen atoms in total. The minimum absolute atomic E-state index is 0.521. The van der Waals surface area contributed by atoms with Crippen LogP contribution in [0.2, 0.25) is 10.0 Å². The molecule has 0 bridgehead atoms. The molecule has 0 fully saturated rings. The summed E-state index contributed by atoms with van der Waals surface area (Å²) in [5.41, 5.74) is 0. The zero-order valence-corrected chi connectivity index (χ0v) is 9.09. The van der Waals surface area contributed by atoms with Gasteiger partial charge in [-0.25, -0.2) is 0 Å². The first-order chi connectivity index (χ1) is 6.25. The fourth-order valence-electron chi connectivity index (χ4n) is 0.802. The third-order valence-electron chi connectivity index (χ3n) is 1.39. The largest absolute Gasteiger partial charge is 0.198 e. The van der Waals surface area contributed by atoms with Crippen LogP contribution in [0.15, 0.2) is 23.1 Å². The van der Waals surface area contributed by atoms with Crippen molar-refractivity contribution < 1.29 is 0 Å². The first-order valence-electron chi connectivity index (χ1n) is 3.69. The van der Waals surface area contributed by atoms with Gasteiger partial charge in [0.25, 0.3) is 0 Å². The number of rotatable bonds is 3. The third kappa shape index (κ3) is 3.11. The summed E-state index contributed by atoms with van der Waals surface area (Å²) in [4.78, 5) is 0.935. The molecule has 0 radical (unpaired) electrons. The van der Waals surface area contributed by atoms with Gasteiger partial charge in [-0.15, -0.1) is 11.8 Å². The van der Waals surface area contributed by atoms with Gasteiger partial charge >= 0.3 is 0 Å². The smallest absolute Gasteiger partial charge is 0.0728 e. The van der Waals surface area contributed by atoms with Crippen molar-refractivity contribution in [2.45, 2.75) is 11.3 Å². The van der Waals surface area contributed by atoms with E-state index in [1.807, 2.05) is 12.1 Å². The Morgan fingerprint density at radius 1 is 1.38 bits per heavy atom. The van der Waals surface area contributed by atoms with Crippen LogP contribution in [-0.2, 0) is 0 Å². The highest BCUT2D eigenvalue weighted by molar-refractivity contribution is 7.99. The molecule has 0 unspecified atom stereocenters.